The van der Waals surface area contributed by atoms with Crippen LogP contribution in [0.5, 0.6) is 5.75 Å². The number of anilines is 3. The average molecular weight is 608 g/mol. The van der Waals surface area contributed by atoms with Crippen molar-refractivity contribution < 1.29 is 27.5 Å². The molecule has 3 aromatic heterocycles. The summed E-state index contributed by atoms with van der Waals surface area (Å²) < 4.78 is 48.6. The van der Waals surface area contributed by atoms with Crippen molar-refractivity contribution in [2.75, 3.05) is 23.1 Å². The zero-order valence-corrected chi connectivity index (χ0v) is 23.6. The molecule has 14 heteroatoms. The number of fused-ring (bicyclic) bond motifs is 1. The van der Waals surface area contributed by atoms with Crippen LogP contribution in [-0.4, -0.2) is 44.5 Å². The van der Waals surface area contributed by atoms with Crippen molar-refractivity contribution in [2.45, 2.75) is 32.0 Å². The fourth-order valence-electron chi connectivity index (χ4n) is 4.43. The van der Waals surface area contributed by atoms with Crippen LogP contribution in [-0.2, 0) is 6.18 Å². The molecule has 0 bridgehead atoms. The van der Waals surface area contributed by atoms with E-state index in [0.717, 1.165) is 29.7 Å². The molecule has 3 N–H and O–H groups in total. The predicted molar refractivity (Wildman–Crippen MR) is 156 cm³/mol. The highest BCUT2D eigenvalue weighted by molar-refractivity contribution is 7.18. The maximum Gasteiger partial charge on any atom is 0.416 e. The standard InChI is InChI=1S/C29H24F3N7O3S/c1-15-11-39(14-35-15)20-8-16(7-17(9-20)29(30,31)32)27(40)37-19-5-6-23(42-2)22(10-19)38-28(41)21-12-43-25-24(21)33-13-34-26(25)36-18-3-4-18/h5-14,18H,3-4H2,1-2H3,(H,37,40)(H,38,41)(H,33,34,36). The second-order valence-corrected chi connectivity index (χ2v) is 10.9. The second-order valence-electron chi connectivity index (χ2n) is 9.98. The topological polar surface area (TPSA) is 123 Å². The van der Waals surface area contributed by atoms with Crippen LogP contribution in [0.1, 0.15) is 44.8 Å². The Morgan fingerprint density at radius 1 is 1.05 bits per heavy atom. The molecule has 220 valence electrons. The summed E-state index contributed by atoms with van der Waals surface area (Å²) in [5, 5.41) is 10.4. The molecule has 2 amide bonds. The first-order chi connectivity index (χ1) is 20.6. The van der Waals surface area contributed by atoms with Crippen molar-refractivity contribution in [1.82, 2.24) is 19.5 Å². The molecule has 1 aliphatic carbocycles. The quantitative estimate of drug-likeness (QED) is 0.189. The number of carbonyl (C=O) groups is 2. The fraction of sp³-hybridized carbons (Fsp3) is 0.207. The molecule has 0 spiro atoms. The van der Waals surface area contributed by atoms with E-state index in [4.69, 9.17) is 4.74 Å². The van der Waals surface area contributed by atoms with E-state index >= 15 is 0 Å². The van der Waals surface area contributed by atoms with Crippen molar-refractivity contribution in [3.8, 4) is 11.4 Å². The minimum atomic E-state index is -4.68. The molecule has 1 saturated carbocycles. The molecular weight excluding hydrogens is 583 g/mol. The number of amides is 2. The van der Waals surface area contributed by atoms with E-state index in [-0.39, 0.29) is 22.6 Å². The van der Waals surface area contributed by atoms with Gasteiger partial charge >= 0.3 is 6.18 Å². The van der Waals surface area contributed by atoms with Gasteiger partial charge in [0.05, 0.1) is 46.2 Å². The van der Waals surface area contributed by atoms with Gasteiger partial charge in [-0.1, -0.05) is 0 Å². The van der Waals surface area contributed by atoms with Crippen molar-refractivity contribution in [3.05, 3.63) is 83.0 Å². The van der Waals surface area contributed by atoms with Crippen LogP contribution in [0, 0.1) is 6.92 Å². The molecular formula is C29H24F3N7O3S. The van der Waals surface area contributed by atoms with Gasteiger partial charge in [0.2, 0.25) is 0 Å². The van der Waals surface area contributed by atoms with Gasteiger partial charge in [-0.15, -0.1) is 11.3 Å². The Morgan fingerprint density at radius 2 is 1.86 bits per heavy atom. The number of alkyl halides is 3. The van der Waals surface area contributed by atoms with Crippen molar-refractivity contribution in [3.63, 3.8) is 0 Å². The van der Waals surface area contributed by atoms with Crippen LogP contribution in [0.4, 0.5) is 30.4 Å². The number of thiophene rings is 1. The van der Waals surface area contributed by atoms with Gasteiger partial charge in [0, 0.05) is 34.6 Å². The maximum absolute atomic E-state index is 13.7. The first kappa shape index (κ1) is 28.2. The maximum atomic E-state index is 13.7. The number of aryl methyl sites for hydroxylation is 1. The number of hydrogen-bond donors (Lipinski definition) is 3. The summed E-state index contributed by atoms with van der Waals surface area (Å²) >= 11 is 1.35. The van der Waals surface area contributed by atoms with Crippen LogP contribution < -0.4 is 20.7 Å². The molecule has 0 unspecified atom stereocenters. The molecule has 1 fully saturated rings. The summed E-state index contributed by atoms with van der Waals surface area (Å²) in [6, 6.07) is 7.96. The van der Waals surface area contributed by atoms with Crippen LogP contribution in [0.2, 0.25) is 0 Å². The lowest BCUT2D eigenvalue weighted by Crippen LogP contribution is -2.16. The first-order valence-electron chi connectivity index (χ1n) is 13.1. The number of methoxy groups -OCH3 is 1. The van der Waals surface area contributed by atoms with Crippen molar-refractivity contribution >= 4 is 50.6 Å². The minimum Gasteiger partial charge on any atom is -0.495 e. The van der Waals surface area contributed by atoms with Crippen LogP contribution in [0.25, 0.3) is 15.9 Å². The van der Waals surface area contributed by atoms with Gasteiger partial charge < -0.3 is 25.3 Å². The number of ether oxygens (including phenoxy) is 1. The Balaban J connectivity index is 1.26. The number of nitrogens with zero attached hydrogens (tertiary/aromatic N) is 4. The molecule has 0 radical (unpaired) electrons. The molecule has 6 rings (SSSR count). The number of imidazole rings is 1. The molecule has 10 nitrogen and oxygen atoms in total. The van der Waals surface area contributed by atoms with Crippen molar-refractivity contribution in [1.29, 1.82) is 0 Å². The minimum absolute atomic E-state index is 0.130. The zero-order valence-electron chi connectivity index (χ0n) is 22.8. The van der Waals surface area contributed by atoms with Gasteiger partial charge in [-0.05, 0) is 56.2 Å². The van der Waals surface area contributed by atoms with Gasteiger partial charge in [0.15, 0.2) is 0 Å². The summed E-state index contributed by atoms with van der Waals surface area (Å²) in [5.74, 6) is -0.238. The normalized spacial score (nSPS) is 13.1. The largest absolute Gasteiger partial charge is 0.495 e. The summed E-state index contributed by atoms with van der Waals surface area (Å²) in [6.07, 6.45) is 1.79. The number of aromatic nitrogens is 4. The van der Waals surface area contributed by atoms with Gasteiger partial charge in [-0.2, -0.15) is 13.2 Å². The predicted octanol–water partition coefficient (Wildman–Crippen LogP) is 6.29. The van der Waals surface area contributed by atoms with Crippen LogP contribution in [0.3, 0.4) is 0 Å². The number of nitrogens with one attached hydrogen (secondary N) is 3. The Labute approximate surface area is 246 Å². The van der Waals surface area contributed by atoms with Crippen molar-refractivity contribution in [2.24, 2.45) is 0 Å². The van der Waals surface area contributed by atoms with E-state index in [0.29, 0.717) is 34.4 Å². The SMILES string of the molecule is COc1ccc(NC(=O)c2cc(-n3cnc(C)c3)cc(C(F)(F)F)c2)cc1NC(=O)c1csc2c(NC3CC3)ncnc12. The molecule has 1 aliphatic rings. The highest BCUT2D eigenvalue weighted by Crippen LogP contribution is 2.35. The third-order valence-corrected chi connectivity index (χ3v) is 7.72. The Morgan fingerprint density at radius 3 is 2.56 bits per heavy atom. The number of rotatable bonds is 8. The van der Waals surface area contributed by atoms with Gasteiger partial charge in [-0.3, -0.25) is 9.59 Å². The Kier molecular flexibility index (Phi) is 7.22. The lowest BCUT2D eigenvalue weighted by Gasteiger charge is -2.15. The van der Waals surface area contributed by atoms with E-state index in [1.165, 1.54) is 59.9 Å². The van der Waals surface area contributed by atoms with Gasteiger partial charge in [0.25, 0.3) is 11.8 Å². The summed E-state index contributed by atoms with van der Waals surface area (Å²) in [7, 11) is 1.42. The molecule has 0 aliphatic heterocycles. The summed E-state index contributed by atoms with van der Waals surface area (Å²) in [5.41, 5.74) is 0.853. The highest BCUT2D eigenvalue weighted by atomic mass is 32.1. The molecule has 0 atom stereocenters. The molecule has 2 aromatic carbocycles. The fourth-order valence-corrected chi connectivity index (χ4v) is 5.38. The zero-order chi connectivity index (χ0) is 30.3. The second kappa shape index (κ2) is 11.0. The number of halogens is 3. The third kappa shape index (κ3) is 6.00. The highest BCUT2D eigenvalue weighted by Gasteiger charge is 2.32. The third-order valence-electron chi connectivity index (χ3n) is 6.74. The number of carbonyl (C=O) groups excluding carboxylic acids is 2. The van der Waals surface area contributed by atoms with Gasteiger partial charge in [0.1, 0.15) is 17.9 Å². The lowest BCUT2D eigenvalue weighted by molar-refractivity contribution is -0.137. The average Bonchev–Trinajstić information content (AvgIpc) is 3.50. The number of benzene rings is 2. The lowest BCUT2D eigenvalue weighted by atomic mass is 10.1. The van der Waals surface area contributed by atoms with E-state index in [1.54, 1.807) is 18.5 Å². The molecule has 5 aromatic rings. The molecule has 3 heterocycles. The summed E-state index contributed by atoms with van der Waals surface area (Å²) in [4.78, 5) is 39.2. The first-order valence-corrected chi connectivity index (χ1v) is 14.0. The Hall–Kier alpha value is -4.98. The Bertz CT molecular complexity index is 1860. The van der Waals surface area contributed by atoms with E-state index in [1.807, 2.05) is 0 Å². The smallest absolute Gasteiger partial charge is 0.416 e. The van der Waals surface area contributed by atoms with E-state index in [2.05, 4.69) is 30.9 Å². The number of hydrogen-bond acceptors (Lipinski definition) is 8. The summed E-state index contributed by atoms with van der Waals surface area (Å²) in [6.45, 7) is 1.70. The van der Waals surface area contributed by atoms with Crippen LogP contribution in [0.15, 0.2) is 60.6 Å². The molecule has 0 saturated heterocycles. The van der Waals surface area contributed by atoms with E-state index < -0.39 is 23.6 Å². The monoisotopic (exact) mass is 607 g/mol. The van der Waals surface area contributed by atoms with Crippen LogP contribution >= 0.6 is 11.3 Å². The van der Waals surface area contributed by atoms with E-state index in [9.17, 15) is 22.8 Å². The van der Waals surface area contributed by atoms with Gasteiger partial charge in [-0.25, -0.2) is 15.0 Å². The molecule has 43 heavy (non-hydrogen) atoms.